The van der Waals surface area contributed by atoms with Crippen LogP contribution in [0.15, 0.2) is 12.3 Å². The van der Waals surface area contributed by atoms with Gasteiger partial charge >= 0.3 is 18.1 Å². The second-order valence-electron chi connectivity index (χ2n) is 8.17. The molecule has 3 amide bonds. The summed E-state index contributed by atoms with van der Waals surface area (Å²) < 4.78 is 38.2. The molecule has 8 nitrogen and oxygen atoms in total. The SMILES string of the molecule is CC(C)C1CN(c2nccc(Cl)n2)CCN1C(=O)NC1CCCN(C(=O)C(F)(F)F)C1. The van der Waals surface area contributed by atoms with Gasteiger partial charge in [0.2, 0.25) is 5.95 Å². The van der Waals surface area contributed by atoms with Gasteiger partial charge in [-0.05, 0) is 24.8 Å². The fraction of sp³-hybridized carbons (Fsp3) is 0.684. The molecule has 2 unspecified atom stereocenters. The van der Waals surface area contributed by atoms with E-state index < -0.39 is 18.1 Å². The van der Waals surface area contributed by atoms with Crippen molar-refractivity contribution in [2.24, 2.45) is 5.92 Å². The number of halogens is 4. The minimum absolute atomic E-state index is 0.0393. The van der Waals surface area contributed by atoms with Gasteiger partial charge in [-0.25, -0.2) is 14.8 Å². The number of amides is 3. The highest BCUT2D eigenvalue weighted by molar-refractivity contribution is 6.29. The molecule has 2 fully saturated rings. The average molecular weight is 463 g/mol. The number of hydrogen-bond donors (Lipinski definition) is 1. The molecule has 1 aromatic rings. The van der Waals surface area contributed by atoms with E-state index in [4.69, 9.17) is 11.6 Å². The lowest BCUT2D eigenvalue weighted by atomic mass is 9.99. The Morgan fingerprint density at radius 3 is 2.61 bits per heavy atom. The van der Waals surface area contributed by atoms with E-state index in [2.05, 4.69) is 15.3 Å². The summed E-state index contributed by atoms with van der Waals surface area (Å²) in [6.07, 6.45) is -2.41. The Bertz CT molecular complexity index is 809. The second-order valence-corrected chi connectivity index (χ2v) is 8.55. The number of urea groups is 1. The lowest BCUT2D eigenvalue weighted by molar-refractivity contribution is -0.186. The van der Waals surface area contributed by atoms with Crippen LogP contribution >= 0.6 is 11.6 Å². The van der Waals surface area contributed by atoms with Crippen molar-refractivity contribution in [3.8, 4) is 0 Å². The van der Waals surface area contributed by atoms with Crippen LogP contribution in [0.4, 0.5) is 23.9 Å². The molecule has 2 atom stereocenters. The fourth-order valence-electron chi connectivity index (χ4n) is 4.01. The molecular formula is C19H26ClF3N6O2. The Morgan fingerprint density at radius 2 is 1.97 bits per heavy atom. The molecule has 0 saturated carbocycles. The molecule has 3 heterocycles. The van der Waals surface area contributed by atoms with E-state index in [1.54, 1.807) is 17.2 Å². The topological polar surface area (TPSA) is 81.7 Å². The van der Waals surface area contributed by atoms with E-state index in [-0.39, 0.29) is 31.1 Å². The van der Waals surface area contributed by atoms with Gasteiger partial charge < -0.3 is 20.0 Å². The lowest BCUT2D eigenvalue weighted by Crippen LogP contribution is -2.62. The largest absolute Gasteiger partial charge is 0.471 e. The predicted octanol–water partition coefficient (Wildman–Crippen LogP) is 2.54. The van der Waals surface area contributed by atoms with Crippen molar-refractivity contribution in [2.45, 2.75) is 44.9 Å². The number of anilines is 1. The Kier molecular flexibility index (Phi) is 7.13. The van der Waals surface area contributed by atoms with Gasteiger partial charge in [0, 0.05) is 45.0 Å². The summed E-state index contributed by atoms with van der Waals surface area (Å²) in [7, 11) is 0. The van der Waals surface area contributed by atoms with Gasteiger partial charge in [-0.2, -0.15) is 13.2 Å². The maximum atomic E-state index is 13.0. The van der Waals surface area contributed by atoms with Crippen LogP contribution in [0.5, 0.6) is 0 Å². The summed E-state index contributed by atoms with van der Waals surface area (Å²) in [4.78, 5) is 37.4. The molecule has 3 rings (SSSR count). The maximum absolute atomic E-state index is 13.0. The average Bonchev–Trinajstić information content (AvgIpc) is 2.72. The summed E-state index contributed by atoms with van der Waals surface area (Å²) in [5, 5.41) is 3.16. The number of piperazine rings is 1. The zero-order valence-corrected chi connectivity index (χ0v) is 18.2. The maximum Gasteiger partial charge on any atom is 0.471 e. The Balaban J connectivity index is 1.63. The molecule has 31 heavy (non-hydrogen) atoms. The minimum Gasteiger partial charge on any atom is -0.337 e. The number of carbonyl (C=O) groups excluding carboxylic acids is 2. The molecule has 12 heteroatoms. The molecule has 2 aliphatic rings. The van der Waals surface area contributed by atoms with Gasteiger partial charge in [0.1, 0.15) is 5.15 Å². The third-order valence-corrected chi connectivity index (χ3v) is 5.83. The number of alkyl halides is 3. The summed E-state index contributed by atoms with van der Waals surface area (Å²) in [6, 6.07) is 0.588. The zero-order chi connectivity index (χ0) is 22.8. The van der Waals surface area contributed by atoms with E-state index in [9.17, 15) is 22.8 Å². The highest BCUT2D eigenvalue weighted by Gasteiger charge is 2.44. The third kappa shape index (κ3) is 5.69. The number of nitrogens with zero attached hydrogens (tertiary/aromatic N) is 5. The number of hydrogen-bond acceptors (Lipinski definition) is 5. The van der Waals surface area contributed by atoms with Crippen molar-refractivity contribution in [1.82, 2.24) is 25.1 Å². The van der Waals surface area contributed by atoms with Gasteiger partial charge in [-0.15, -0.1) is 0 Å². The summed E-state index contributed by atoms with van der Waals surface area (Å²) in [5.41, 5.74) is 0. The predicted molar refractivity (Wildman–Crippen MR) is 109 cm³/mol. The molecule has 0 bridgehead atoms. The fourth-order valence-corrected chi connectivity index (χ4v) is 4.14. The standard InChI is InChI=1S/C19H26ClF3N6O2/c1-12(2)14-11-28(17-24-6-5-15(20)26-17)8-9-29(14)18(31)25-13-4-3-7-27(10-13)16(30)19(21,22)23/h5-6,12-14H,3-4,7-11H2,1-2H3,(H,25,31). The number of likely N-dealkylation sites (tertiary alicyclic amines) is 1. The Labute approximate surface area is 183 Å². The Hall–Kier alpha value is -2.30. The lowest BCUT2D eigenvalue weighted by Gasteiger charge is -2.44. The van der Waals surface area contributed by atoms with Gasteiger partial charge in [-0.3, -0.25) is 4.79 Å². The first-order valence-corrected chi connectivity index (χ1v) is 10.6. The summed E-state index contributed by atoms with van der Waals surface area (Å²) in [6.45, 7) is 5.30. The van der Waals surface area contributed by atoms with E-state index in [0.29, 0.717) is 43.6 Å². The quantitative estimate of drug-likeness (QED) is 0.698. The Morgan fingerprint density at radius 1 is 1.23 bits per heavy atom. The van der Waals surface area contributed by atoms with Gasteiger partial charge in [0.15, 0.2) is 0 Å². The van der Waals surface area contributed by atoms with Crippen LogP contribution in [0.25, 0.3) is 0 Å². The monoisotopic (exact) mass is 462 g/mol. The molecule has 0 spiro atoms. The zero-order valence-electron chi connectivity index (χ0n) is 17.4. The van der Waals surface area contributed by atoms with Crippen molar-refractivity contribution < 1.29 is 22.8 Å². The van der Waals surface area contributed by atoms with Crippen molar-refractivity contribution in [1.29, 1.82) is 0 Å². The number of rotatable bonds is 3. The number of nitrogens with one attached hydrogen (secondary N) is 1. The number of carbonyl (C=O) groups is 2. The van der Waals surface area contributed by atoms with Crippen molar-refractivity contribution in [3.05, 3.63) is 17.4 Å². The van der Waals surface area contributed by atoms with Crippen molar-refractivity contribution in [3.63, 3.8) is 0 Å². The van der Waals surface area contributed by atoms with E-state index >= 15 is 0 Å². The van der Waals surface area contributed by atoms with Crippen molar-refractivity contribution >= 4 is 29.5 Å². The van der Waals surface area contributed by atoms with E-state index in [1.165, 1.54) is 0 Å². The van der Waals surface area contributed by atoms with Crippen LogP contribution < -0.4 is 10.2 Å². The van der Waals surface area contributed by atoms with E-state index in [1.807, 2.05) is 18.7 Å². The molecule has 0 aromatic carbocycles. The first-order valence-electron chi connectivity index (χ1n) is 10.2. The molecule has 0 aliphatic carbocycles. The molecule has 2 aliphatic heterocycles. The highest BCUT2D eigenvalue weighted by Crippen LogP contribution is 2.24. The molecule has 1 aromatic heterocycles. The molecule has 2 saturated heterocycles. The summed E-state index contributed by atoms with van der Waals surface area (Å²) in [5.74, 6) is -1.24. The van der Waals surface area contributed by atoms with Crippen LogP contribution in [0.3, 0.4) is 0 Å². The minimum atomic E-state index is -4.91. The van der Waals surface area contributed by atoms with Crippen LogP contribution in [0, 0.1) is 5.92 Å². The van der Waals surface area contributed by atoms with Gasteiger partial charge in [0.25, 0.3) is 0 Å². The highest BCUT2D eigenvalue weighted by atomic mass is 35.5. The second kappa shape index (κ2) is 9.46. The van der Waals surface area contributed by atoms with Crippen LogP contribution in [0.2, 0.25) is 5.15 Å². The summed E-state index contributed by atoms with van der Waals surface area (Å²) >= 11 is 5.96. The molecule has 0 radical (unpaired) electrons. The van der Waals surface area contributed by atoms with Gasteiger partial charge in [-0.1, -0.05) is 25.4 Å². The first-order chi connectivity index (χ1) is 14.6. The first kappa shape index (κ1) is 23.4. The van der Waals surface area contributed by atoms with Crippen LogP contribution in [-0.2, 0) is 4.79 Å². The van der Waals surface area contributed by atoms with E-state index in [0.717, 1.165) is 4.90 Å². The molecule has 1 N–H and O–H groups in total. The van der Waals surface area contributed by atoms with Crippen molar-refractivity contribution in [2.75, 3.05) is 37.6 Å². The van der Waals surface area contributed by atoms with Gasteiger partial charge in [0.05, 0.1) is 6.04 Å². The molecule has 172 valence electrons. The third-order valence-electron chi connectivity index (χ3n) is 5.62. The smallest absolute Gasteiger partial charge is 0.337 e. The van der Waals surface area contributed by atoms with Crippen LogP contribution in [-0.4, -0.2) is 82.7 Å². The normalized spacial score (nSPS) is 22.6. The number of piperidine rings is 1. The van der Waals surface area contributed by atoms with Crippen LogP contribution in [0.1, 0.15) is 26.7 Å². The number of aromatic nitrogens is 2. The molecular weight excluding hydrogens is 437 g/mol.